The number of aliphatic carboxylic acids is 1. The Morgan fingerprint density at radius 3 is 2.73 bits per heavy atom. The molecule has 1 rings (SSSR count). The Kier molecular flexibility index (Phi) is 3.41. The van der Waals surface area contributed by atoms with Crippen molar-refractivity contribution >= 4 is 23.3 Å². The third-order valence-electron chi connectivity index (χ3n) is 1.67. The molecule has 0 amide bonds. The molecule has 3 N–H and O–H groups in total. The van der Waals surface area contributed by atoms with Crippen molar-refractivity contribution in [2.75, 3.05) is 5.73 Å². The number of anilines is 1. The van der Waals surface area contributed by atoms with E-state index in [1.54, 1.807) is 0 Å². The van der Waals surface area contributed by atoms with Crippen molar-refractivity contribution in [1.82, 2.24) is 4.98 Å². The van der Waals surface area contributed by atoms with E-state index in [0.717, 1.165) is 6.07 Å². The smallest absolute Gasteiger partial charge is 0.309 e. The van der Waals surface area contributed by atoms with Crippen LogP contribution in [0.1, 0.15) is 17.7 Å². The van der Waals surface area contributed by atoms with E-state index in [4.69, 9.17) is 22.4 Å². The Morgan fingerprint density at radius 1 is 1.67 bits per heavy atom. The predicted molar refractivity (Wildman–Crippen MR) is 50.0 cm³/mol. The first-order chi connectivity index (χ1) is 6.91. The summed E-state index contributed by atoms with van der Waals surface area (Å²) < 4.78 is 24.6. The summed E-state index contributed by atoms with van der Waals surface area (Å²) in [7, 11) is 0. The summed E-state index contributed by atoms with van der Waals surface area (Å²) in [4.78, 5) is 13.9. The summed E-state index contributed by atoms with van der Waals surface area (Å²) in [5.41, 5.74) is 4.74. The van der Waals surface area contributed by atoms with E-state index >= 15 is 0 Å². The predicted octanol–water partition coefficient (Wildman–Crippen LogP) is 1.88. The quantitative estimate of drug-likeness (QED) is 0.786. The summed E-state index contributed by atoms with van der Waals surface area (Å²) >= 11 is 5.44. The van der Waals surface area contributed by atoms with Gasteiger partial charge in [-0.15, -0.1) is 0 Å². The molecule has 0 radical (unpaired) electrons. The summed E-state index contributed by atoms with van der Waals surface area (Å²) in [5.74, 6) is -1.16. The molecule has 0 aliphatic rings. The molecule has 0 saturated carbocycles. The van der Waals surface area contributed by atoms with Crippen LogP contribution in [-0.2, 0) is 11.2 Å². The van der Waals surface area contributed by atoms with Gasteiger partial charge in [-0.05, 0) is 6.07 Å². The zero-order chi connectivity index (χ0) is 11.6. The topological polar surface area (TPSA) is 76.2 Å². The van der Waals surface area contributed by atoms with E-state index in [-0.39, 0.29) is 11.4 Å². The second-order valence-electron chi connectivity index (χ2n) is 2.78. The van der Waals surface area contributed by atoms with Crippen LogP contribution in [0.15, 0.2) is 6.07 Å². The fraction of sp³-hybridized carbons (Fsp3) is 0.250. The Balaban J connectivity index is 3.13. The monoisotopic (exact) mass is 236 g/mol. The van der Waals surface area contributed by atoms with Crippen LogP contribution < -0.4 is 5.73 Å². The molecule has 1 aromatic rings. The average Bonchev–Trinajstić information content (AvgIpc) is 2.09. The van der Waals surface area contributed by atoms with E-state index in [1.807, 2.05) is 0 Å². The third kappa shape index (κ3) is 2.76. The number of carboxylic acid groups (broad SMARTS) is 1. The lowest BCUT2D eigenvalue weighted by Gasteiger charge is -2.07. The van der Waals surface area contributed by atoms with E-state index < -0.39 is 29.5 Å². The normalized spacial score (nSPS) is 10.7. The number of carbonyl (C=O) groups is 1. The standard InChI is InChI=1S/C8H7ClF2N2O2/c9-7-3(8(10)11)1-4(12)5(13-7)2-6(14)15/h1,8H,2,12H2,(H,14,15). The molecular weight excluding hydrogens is 230 g/mol. The van der Waals surface area contributed by atoms with Gasteiger partial charge in [-0.25, -0.2) is 13.8 Å². The Bertz CT molecular complexity index is 398. The number of hydrogen-bond donors (Lipinski definition) is 2. The Labute approximate surface area is 88.7 Å². The Hall–Kier alpha value is -1.43. The number of nitrogen functional groups attached to an aromatic ring is 1. The molecule has 0 unspecified atom stereocenters. The highest BCUT2D eigenvalue weighted by atomic mass is 35.5. The maximum atomic E-state index is 12.3. The molecular formula is C8H7ClF2N2O2. The zero-order valence-corrected chi connectivity index (χ0v) is 8.13. The second-order valence-corrected chi connectivity index (χ2v) is 3.13. The molecule has 7 heteroatoms. The van der Waals surface area contributed by atoms with E-state index in [1.165, 1.54) is 0 Å². The maximum absolute atomic E-state index is 12.3. The average molecular weight is 237 g/mol. The summed E-state index contributed by atoms with van der Waals surface area (Å²) in [6, 6.07) is 0.943. The van der Waals surface area contributed by atoms with Gasteiger partial charge in [0.05, 0.1) is 23.4 Å². The van der Waals surface area contributed by atoms with Gasteiger partial charge in [0.15, 0.2) is 0 Å². The van der Waals surface area contributed by atoms with Crippen molar-refractivity contribution in [3.63, 3.8) is 0 Å². The SMILES string of the molecule is Nc1cc(C(F)F)c(Cl)nc1CC(=O)O. The van der Waals surface area contributed by atoms with Gasteiger partial charge in [-0.1, -0.05) is 11.6 Å². The van der Waals surface area contributed by atoms with Crippen molar-refractivity contribution in [2.45, 2.75) is 12.8 Å². The lowest BCUT2D eigenvalue weighted by Crippen LogP contribution is -2.07. The summed E-state index contributed by atoms with van der Waals surface area (Å²) in [6.45, 7) is 0. The van der Waals surface area contributed by atoms with Crippen molar-refractivity contribution in [1.29, 1.82) is 0 Å². The van der Waals surface area contributed by atoms with Crippen molar-refractivity contribution in [3.05, 3.63) is 22.5 Å². The van der Waals surface area contributed by atoms with Crippen LogP contribution in [0, 0.1) is 0 Å². The fourth-order valence-corrected chi connectivity index (χ4v) is 1.23. The van der Waals surface area contributed by atoms with Crippen molar-refractivity contribution in [2.24, 2.45) is 0 Å². The van der Waals surface area contributed by atoms with Crippen LogP contribution >= 0.6 is 11.6 Å². The first-order valence-corrected chi connectivity index (χ1v) is 4.24. The highest BCUT2D eigenvalue weighted by Gasteiger charge is 2.17. The third-order valence-corrected chi connectivity index (χ3v) is 1.97. The van der Waals surface area contributed by atoms with Gasteiger partial charge in [0.25, 0.3) is 6.43 Å². The molecule has 1 heterocycles. The second kappa shape index (κ2) is 4.39. The molecule has 0 spiro atoms. The van der Waals surface area contributed by atoms with Gasteiger partial charge in [0.2, 0.25) is 0 Å². The van der Waals surface area contributed by atoms with Gasteiger partial charge in [-0.2, -0.15) is 0 Å². The van der Waals surface area contributed by atoms with Crippen LogP contribution in [0.25, 0.3) is 0 Å². The fourth-order valence-electron chi connectivity index (χ4n) is 0.996. The number of rotatable bonds is 3. The lowest BCUT2D eigenvalue weighted by molar-refractivity contribution is -0.136. The minimum absolute atomic E-state index is 0.0168. The number of hydrogen-bond acceptors (Lipinski definition) is 3. The van der Waals surface area contributed by atoms with E-state index in [9.17, 15) is 13.6 Å². The highest BCUT2D eigenvalue weighted by Crippen LogP contribution is 2.28. The number of aromatic nitrogens is 1. The van der Waals surface area contributed by atoms with E-state index in [2.05, 4.69) is 4.98 Å². The number of pyridine rings is 1. The largest absolute Gasteiger partial charge is 0.481 e. The maximum Gasteiger partial charge on any atom is 0.309 e. The highest BCUT2D eigenvalue weighted by molar-refractivity contribution is 6.30. The molecule has 1 aromatic heterocycles. The lowest BCUT2D eigenvalue weighted by atomic mass is 10.2. The molecule has 4 nitrogen and oxygen atoms in total. The van der Waals surface area contributed by atoms with Crippen LogP contribution in [0.4, 0.5) is 14.5 Å². The minimum atomic E-state index is -2.79. The molecule has 0 fully saturated rings. The van der Waals surface area contributed by atoms with Gasteiger partial charge in [0, 0.05) is 0 Å². The zero-order valence-electron chi connectivity index (χ0n) is 7.38. The minimum Gasteiger partial charge on any atom is -0.481 e. The molecule has 82 valence electrons. The van der Waals surface area contributed by atoms with Crippen molar-refractivity contribution < 1.29 is 18.7 Å². The molecule has 0 saturated heterocycles. The molecule has 0 aliphatic carbocycles. The van der Waals surface area contributed by atoms with Crippen LogP contribution in [0.2, 0.25) is 5.15 Å². The first-order valence-electron chi connectivity index (χ1n) is 3.86. The number of nitrogens with two attached hydrogens (primary N) is 1. The van der Waals surface area contributed by atoms with E-state index in [0.29, 0.717) is 0 Å². The van der Waals surface area contributed by atoms with Crippen molar-refractivity contribution in [3.8, 4) is 0 Å². The molecule has 0 aromatic carbocycles. The molecule has 15 heavy (non-hydrogen) atoms. The summed E-state index contributed by atoms with van der Waals surface area (Å²) in [5, 5.41) is 8.05. The van der Waals surface area contributed by atoms with Gasteiger partial charge in [-0.3, -0.25) is 4.79 Å². The first kappa shape index (κ1) is 11.6. The Morgan fingerprint density at radius 2 is 2.27 bits per heavy atom. The number of halogens is 3. The molecule has 0 aliphatic heterocycles. The van der Waals surface area contributed by atoms with Gasteiger partial charge < -0.3 is 10.8 Å². The van der Waals surface area contributed by atoms with Crippen LogP contribution in [0.5, 0.6) is 0 Å². The van der Waals surface area contributed by atoms with Crippen LogP contribution in [0.3, 0.4) is 0 Å². The molecule has 0 bridgehead atoms. The molecule has 0 atom stereocenters. The van der Waals surface area contributed by atoms with Gasteiger partial charge >= 0.3 is 5.97 Å². The number of alkyl halides is 2. The summed E-state index contributed by atoms with van der Waals surface area (Å²) in [6.07, 6.45) is -3.24. The number of nitrogens with zero attached hydrogens (tertiary/aromatic N) is 1. The van der Waals surface area contributed by atoms with Gasteiger partial charge in [0.1, 0.15) is 5.15 Å². The number of carboxylic acids is 1. The van der Waals surface area contributed by atoms with Crippen LogP contribution in [-0.4, -0.2) is 16.1 Å².